The predicted octanol–water partition coefficient (Wildman–Crippen LogP) is 2.27. The number of hydrogen-bond donors (Lipinski definition) is 3. The Morgan fingerprint density at radius 2 is 2.06 bits per heavy atom. The van der Waals surface area contributed by atoms with Crippen LogP contribution in [0.3, 0.4) is 0 Å². The minimum absolute atomic E-state index is 0.230. The Hall–Kier alpha value is -2.56. The zero-order valence-electron chi connectivity index (χ0n) is 9.73. The number of carbonyl (C=O) groups is 2. The van der Waals surface area contributed by atoms with Crippen LogP contribution in [0.5, 0.6) is 0 Å². The van der Waals surface area contributed by atoms with Crippen LogP contribution in [0, 0.1) is 6.92 Å². The van der Waals surface area contributed by atoms with Crippen LogP contribution < -0.4 is 5.32 Å². The average Bonchev–Trinajstić information content (AvgIpc) is 2.81. The number of carboxylic acid groups (broad SMARTS) is 1. The number of aromatic nitrogens is 1. The summed E-state index contributed by atoms with van der Waals surface area (Å²) in [6.07, 6.45) is 1.66. The second-order valence-electron chi connectivity index (χ2n) is 3.87. The summed E-state index contributed by atoms with van der Waals surface area (Å²) in [7, 11) is 0. The van der Waals surface area contributed by atoms with Crippen LogP contribution in [0.2, 0.25) is 0 Å². The van der Waals surface area contributed by atoms with Crippen molar-refractivity contribution in [3.63, 3.8) is 0 Å². The van der Waals surface area contributed by atoms with Crippen LogP contribution >= 0.6 is 0 Å². The molecule has 0 saturated heterocycles. The standard InChI is InChI=1S/C13H12N2O3/c1-8-7-9(4-5-10(8)13(17)18)15-12(16)11-3-2-6-14-11/h2-7,14H,1H3,(H,15,16)(H,17,18). The molecule has 0 atom stereocenters. The first kappa shape index (κ1) is 11.9. The number of aryl methyl sites for hydroxylation is 1. The third-order valence-electron chi connectivity index (χ3n) is 2.56. The molecule has 0 radical (unpaired) electrons. The summed E-state index contributed by atoms with van der Waals surface area (Å²) < 4.78 is 0. The molecule has 2 aromatic rings. The fraction of sp³-hybridized carbons (Fsp3) is 0.0769. The zero-order valence-corrected chi connectivity index (χ0v) is 9.73. The predicted molar refractivity (Wildman–Crippen MR) is 66.9 cm³/mol. The molecular weight excluding hydrogens is 232 g/mol. The van der Waals surface area contributed by atoms with Crippen molar-refractivity contribution in [3.05, 3.63) is 53.3 Å². The number of H-pyrrole nitrogens is 1. The summed E-state index contributed by atoms with van der Waals surface area (Å²) >= 11 is 0. The van der Waals surface area contributed by atoms with Crippen molar-refractivity contribution in [1.82, 2.24) is 4.98 Å². The summed E-state index contributed by atoms with van der Waals surface area (Å²) in [4.78, 5) is 25.4. The van der Waals surface area contributed by atoms with E-state index in [-0.39, 0.29) is 11.5 Å². The Bertz CT molecular complexity index is 588. The molecule has 2 rings (SSSR count). The SMILES string of the molecule is Cc1cc(NC(=O)c2ccc[nH]2)ccc1C(=O)O. The van der Waals surface area contributed by atoms with Crippen molar-refractivity contribution in [1.29, 1.82) is 0 Å². The molecule has 1 aromatic carbocycles. The Morgan fingerprint density at radius 1 is 1.28 bits per heavy atom. The molecule has 0 fully saturated rings. The minimum Gasteiger partial charge on any atom is -0.478 e. The van der Waals surface area contributed by atoms with Crippen LogP contribution in [-0.4, -0.2) is 22.0 Å². The quantitative estimate of drug-likeness (QED) is 0.774. The molecule has 0 unspecified atom stereocenters. The highest BCUT2D eigenvalue weighted by molar-refractivity contribution is 6.03. The molecule has 92 valence electrons. The van der Waals surface area contributed by atoms with Gasteiger partial charge in [0.1, 0.15) is 5.69 Å². The number of nitrogens with one attached hydrogen (secondary N) is 2. The lowest BCUT2D eigenvalue weighted by molar-refractivity contribution is 0.0696. The van der Waals surface area contributed by atoms with Crippen LogP contribution in [0.4, 0.5) is 5.69 Å². The average molecular weight is 244 g/mol. The van der Waals surface area contributed by atoms with Gasteiger partial charge in [0.05, 0.1) is 5.56 Å². The van der Waals surface area contributed by atoms with E-state index >= 15 is 0 Å². The first-order valence-corrected chi connectivity index (χ1v) is 5.36. The second-order valence-corrected chi connectivity index (χ2v) is 3.87. The molecule has 1 heterocycles. The smallest absolute Gasteiger partial charge is 0.335 e. The van der Waals surface area contributed by atoms with Crippen LogP contribution in [-0.2, 0) is 0 Å². The maximum Gasteiger partial charge on any atom is 0.335 e. The molecule has 5 nitrogen and oxygen atoms in total. The van der Waals surface area contributed by atoms with Gasteiger partial charge in [-0.05, 0) is 42.8 Å². The van der Waals surface area contributed by atoms with Crippen molar-refractivity contribution in [3.8, 4) is 0 Å². The molecule has 0 aliphatic heterocycles. The van der Waals surface area contributed by atoms with Crippen molar-refractivity contribution >= 4 is 17.6 Å². The third-order valence-corrected chi connectivity index (χ3v) is 2.56. The number of carbonyl (C=O) groups excluding carboxylic acids is 1. The second kappa shape index (κ2) is 4.75. The van der Waals surface area contributed by atoms with Crippen molar-refractivity contribution < 1.29 is 14.7 Å². The lowest BCUT2D eigenvalue weighted by Crippen LogP contribution is -2.12. The van der Waals surface area contributed by atoms with Gasteiger partial charge in [-0.25, -0.2) is 4.79 Å². The number of anilines is 1. The first-order valence-electron chi connectivity index (χ1n) is 5.36. The van der Waals surface area contributed by atoms with E-state index in [4.69, 9.17) is 5.11 Å². The van der Waals surface area contributed by atoms with Crippen molar-refractivity contribution in [2.45, 2.75) is 6.92 Å². The minimum atomic E-state index is -0.977. The van der Waals surface area contributed by atoms with Crippen molar-refractivity contribution in [2.24, 2.45) is 0 Å². The van der Waals surface area contributed by atoms with Crippen molar-refractivity contribution in [2.75, 3.05) is 5.32 Å². The summed E-state index contributed by atoms with van der Waals surface area (Å²) in [5.74, 6) is -1.24. The van der Waals surface area contributed by atoms with Gasteiger partial charge in [0, 0.05) is 11.9 Å². The number of aromatic carboxylic acids is 1. The van der Waals surface area contributed by atoms with Crippen LogP contribution in [0.1, 0.15) is 26.4 Å². The Balaban J connectivity index is 2.18. The largest absolute Gasteiger partial charge is 0.478 e. The lowest BCUT2D eigenvalue weighted by Gasteiger charge is -2.06. The van der Waals surface area contributed by atoms with Gasteiger partial charge in [0.2, 0.25) is 0 Å². The van der Waals surface area contributed by atoms with Gasteiger partial charge in [0.25, 0.3) is 5.91 Å². The van der Waals surface area contributed by atoms with E-state index in [0.717, 1.165) is 0 Å². The van der Waals surface area contributed by atoms with Gasteiger partial charge < -0.3 is 15.4 Å². The highest BCUT2D eigenvalue weighted by Gasteiger charge is 2.10. The Labute approximate surface area is 103 Å². The Morgan fingerprint density at radius 3 is 2.61 bits per heavy atom. The van der Waals surface area contributed by atoms with Gasteiger partial charge in [-0.15, -0.1) is 0 Å². The molecular formula is C13H12N2O3. The molecule has 3 N–H and O–H groups in total. The van der Waals surface area contributed by atoms with Gasteiger partial charge in [0.15, 0.2) is 0 Å². The maximum absolute atomic E-state index is 11.7. The number of aromatic amines is 1. The summed E-state index contributed by atoms with van der Waals surface area (Å²) in [5.41, 5.74) is 1.85. The highest BCUT2D eigenvalue weighted by Crippen LogP contribution is 2.15. The highest BCUT2D eigenvalue weighted by atomic mass is 16.4. The van der Waals surface area contributed by atoms with E-state index in [9.17, 15) is 9.59 Å². The summed E-state index contributed by atoms with van der Waals surface area (Å²) in [6.45, 7) is 1.69. The maximum atomic E-state index is 11.7. The van der Waals surface area contributed by atoms with E-state index in [1.807, 2.05) is 0 Å². The zero-order chi connectivity index (χ0) is 13.1. The van der Waals surface area contributed by atoms with E-state index in [0.29, 0.717) is 16.9 Å². The number of rotatable bonds is 3. The van der Waals surface area contributed by atoms with E-state index in [1.54, 1.807) is 37.4 Å². The molecule has 1 amide bonds. The lowest BCUT2D eigenvalue weighted by atomic mass is 10.1. The fourth-order valence-corrected chi connectivity index (χ4v) is 1.65. The molecule has 1 aromatic heterocycles. The number of hydrogen-bond acceptors (Lipinski definition) is 2. The fourth-order valence-electron chi connectivity index (χ4n) is 1.65. The first-order chi connectivity index (χ1) is 8.58. The van der Waals surface area contributed by atoms with E-state index in [1.165, 1.54) is 6.07 Å². The molecule has 0 aliphatic rings. The van der Waals surface area contributed by atoms with E-state index in [2.05, 4.69) is 10.3 Å². The van der Waals surface area contributed by atoms with Gasteiger partial charge >= 0.3 is 5.97 Å². The number of amides is 1. The van der Waals surface area contributed by atoms with Crippen LogP contribution in [0.15, 0.2) is 36.5 Å². The molecule has 0 spiro atoms. The molecule has 0 aliphatic carbocycles. The number of carboxylic acids is 1. The summed E-state index contributed by atoms with van der Waals surface area (Å²) in [5, 5.41) is 11.6. The molecule has 0 bridgehead atoms. The normalized spacial score (nSPS) is 10.1. The Kier molecular flexibility index (Phi) is 3.14. The van der Waals surface area contributed by atoms with Gasteiger partial charge in [-0.2, -0.15) is 0 Å². The molecule has 5 heteroatoms. The topological polar surface area (TPSA) is 82.2 Å². The van der Waals surface area contributed by atoms with Gasteiger partial charge in [-0.3, -0.25) is 4.79 Å². The summed E-state index contributed by atoms with van der Waals surface area (Å²) in [6, 6.07) is 8.06. The third kappa shape index (κ3) is 2.40. The monoisotopic (exact) mass is 244 g/mol. The number of benzene rings is 1. The van der Waals surface area contributed by atoms with Gasteiger partial charge in [-0.1, -0.05) is 0 Å². The molecule has 0 saturated carbocycles. The van der Waals surface area contributed by atoms with Crippen LogP contribution in [0.25, 0.3) is 0 Å². The van der Waals surface area contributed by atoms with E-state index < -0.39 is 5.97 Å². The molecule has 18 heavy (non-hydrogen) atoms.